The Kier molecular flexibility index (Phi) is 3.40. The van der Waals surface area contributed by atoms with Gasteiger partial charge in [-0.3, -0.25) is 4.79 Å². The van der Waals surface area contributed by atoms with Gasteiger partial charge in [-0.25, -0.2) is 0 Å². The Bertz CT molecular complexity index is 524. The molecule has 1 aromatic carbocycles. The Morgan fingerprint density at radius 3 is 2.80 bits per heavy atom. The third kappa shape index (κ3) is 2.39. The van der Waals surface area contributed by atoms with Gasteiger partial charge in [0, 0.05) is 24.2 Å². The Balaban J connectivity index is 1.79. The molecule has 0 saturated carbocycles. The summed E-state index contributed by atoms with van der Waals surface area (Å²) in [5.74, 6) is -0.545. The van der Waals surface area contributed by atoms with E-state index in [1.54, 1.807) is 12.1 Å². The molecule has 0 unspecified atom stereocenters. The van der Waals surface area contributed by atoms with Crippen molar-refractivity contribution in [2.75, 3.05) is 32.0 Å². The zero-order valence-corrected chi connectivity index (χ0v) is 11.7. The molecule has 0 bridgehead atoms. The van der Waals surface area contributed by atoms with E-state index in [2.05, 4.69) is 0 Å². The predicted molar refractivity (Wildman–Crippen MR) is 75.4 cm³/mol. The molecule has 0 aliphatic carbocycles. The van der Waals surface area contributed by atoms with Crippen molar-refractivity contribution in [1.29, 1.82) is 0 Å². The number of aryl methyl sites for hydroxylation is 1. The number of hydrogen-bond donors (Lipinski definition) is 1. The highest BCUT2D eigenvalue weighted by atomic mass is 16.7. The van der Waals surface area contributed by atoms with Crippen LogP contribution in [0.2, 0.25) is 0 Å². The standard InChI is InChI=1S/C15H20N2O3/c1-11-9-12(16)3-4-13(11)14(18)17-6-2-5-15(10-17)19-7-8-20-15/h3-4,9H,2,5-8,10,16H2,1H3. The summed E-state index contributed by atoms with van der Waals surface area (Å²) in [6, 6.07) is 5.39. The summed E-state index contributed by atoms with van der Waals surface area (Å²) in [6.07, 6.45) is 1.76. The molecule has 2 aliphatic heterocycles. The second kappa shape index (κ2) is 5.07. The van der Waals surface area contributed by atoms with Crippen LogP contribution in [-0.2, 0) is 9.47 Å². The van der Waals surface area contributed by atoms with Gasteiger partial charge in [-0.2, -0.15) is 0 Å². The number of nitrogens with two attached hydrogens (primary N) is 1. The zero-order valence-electron chi connectivity index (χ0n) is 11.7. The number of carbonyl (C=O) groups is 1. The van der Waals surface area contributed by atoms with Crippen molar-refractivity contribution < 1.29 is 14.3 Å². The van der Waals surface area contributed by atoms with Crippen molar-refractivity contribution in [2.45, 2.75) is 25.6 Å². The molecule has 3 rings (SSSR count). The lowest BCUT2D eigenvalue weighted by Crippen LogP contribution is -2.51. The van der Waals surface area contributed by atoms with Crippen LogP contribution in [-0.4, -0.2) is 42.9 Å². The fourth-order valence-electron chi connectivity index (χ4n) is 2.99. The first kappa shape index (κ1) is 13.4. The molecule has 0 atom stereocenters. The highest BCUT2D eigenvalue weighted by Gasteiger charge is 2.42. The predicted octanol–water partition coefficient (Wildman–Crippen LogP) is 1.56. The van der Waals surface area contributed by atoms with Crippen LogP contribution < -0.4 is 5.73 Å². The summed E-state index contributed by atoms with van der Waals surface area (Å²) in [5.41, 5.74) is 8.02. The van der Waals surface area contributed by atoms with E-state index in [0.717, 1.165) is 24.9 Å². The van der Waals surface area contributed by atoms with Gasteiger partial charge in [0.1, 0.15) is 0 Å². The number of rotatable bonds is 1. The summed E-state index contributed by atoms with van der Waals surface area (Å²) in [5, 5.41) is 0. The van der Waals surface area contributed by atoms with Crippen LogP contribution in [0.25, 0.3) is 0 Å². The molecule has 108 valence electrons. The fourth-order valence-corrected chi connectivity index (χ4v) is 2.99. The number of hydrogen-bond acceptors (Lipinski definition) is 4. The van der Waals surface area contributed by atoms with Crippen LogP contribution in [0, 0.1) is 6.92 Å². The molecule has 5 heteroatoms. The number of piperidine rings is 1. The van der Waals surface area contributed by atoms with Gasteiger partial charge in [0.05, 0.1) is 19.8 Å². The maximum atomic E-state index is 12.6. The molecular weight excluding hydrogens is 256 g/mol. The van der Waals surface area contributed by atoms with Gasteiger partial charge in [-0.1, -0.05) is 0 Å². The molecule has 1 aromatic rings. The lowest BCUT2D eigenvalue weighted by molar-refractivity contribution is -0.183. The Hall–Kier alpha value is -1.59. The minimum absolute atomic E-state index is 0.0284. The normalized spacial score (nSPS) is 21.4. The van der Waals surface area contributed by atoms with Gasteiger partial charge in [-0.15, -0.1) is 0 Å². The molecule has 1 spiro atoms. The number of anilines is 1. The third-order valence-corrected chi connectivity index (χ3v) is 4.00. The van der Waals surface area contributed by atoms with Crippen LogP contribution in [0.5, 0.6) is 0 Å². The van der Waals surface area contributed by atoms with Crippen molar-refractivity contribution in [3.8, 4) is 0 Å². The van der Waals surface area contributed by atoms with Gasteiger partial charge >= 0.3 is 0 Å². The maximum Gasteiger partial charge on any atom is 0.254 e. The first-order valence-electron chi connectivity index (χ1n) is 7.03. The summed E-state index contributed by atoms with van der Waals surface area (Å²) < 4.78 is 11.4. The monoisotopic (exact) mass is 276 g/mol. The highest BCUT2D eigenvalue weighted by Crippen LogP contribution is 2.31. The summed E-state index contributed by atoms with van der Waals surface area (Å²) in [6.45, 7) is 4.39. The largest absolute Gasteiger partial charge is 0.399 e. The van der Waals surface area contributed by atoms with Gasteiger partial charge in [0.15, 0.2) is 5.79 Å². The highest BCUT2D eigenvalue weighted by molar-refractivity contribution is 5.96. The molecule has 2 heterocycles. The SMILES string of the molecule is Cc1cc(N)ccc1C(=O)N1CCCC2(C1)OCCO2. The Labute approximate surface area is 118 Å². The van der Waals surface area contributed by atoms with Crippen molar-refractivity contribution in [3.05, 3.63) is 29.3 Å². The van der Waals surface area contributed by atoms with E-state index in [9.17, 15) is 4.79 Å². The third-order valence-electron chi connectivity index (χ3n) is 4.00. The van der Waals surface area contributed by atoms with E-state index < -0.39 is 5.79 Å². The molecule has 2 N–H and O–H groups in total. The number of benzene rings is 1. The first-order chi connectivity index (χ1) is 9.60. The molecule has 1 amide bonds. The van der Waals surface area contributed by atoms with E-state index in [0.29, 0.717) is 31.0 Å². The number of carbonyl (C=O) groups excluding carboxylic acids is 1. The van der Waals surface area contributed by atoms with Crippen LogP contribution in [0.1, 0.15) is 28.8 Å². The van der Waals surface area contributed by atoms with E-state index in [1.807, 2.05) is 17.9 Å². The minimum atomic E-state index is -0.574. The van der Waals surface area contributed by atoms with Crippen LogP contribution in [0.3, 0.4) is 0 Å². The summed E-state index contributed by atoms with van der Waals surface area (Å²) in [4.78, 5) is 14.5. The minimum Gasteiger partial charge on any atom is -0.399 e. The second-order valence-corrected chi connectivity index (χ2v) is 5.51. The van der Waals surface area contributed by atoms with Crippen LogP contribution >= 0.6 is 0 Å². The van der Waals surface area contributed by atoms with E-state index >= 15 is 0 Å². The van der Waals surface area contributed by atoms with E-state index in [1.165, 1.54) is 0 Å². The lowest BCUT2D eigenvalue weighted by atomic mass is 10.0. The molecule has 2 fully saturated rings. The molecule has 0 radical (unpaired) electrons. The van der Waals surface area contributed by atoms with E-state index in [4.69, 9.17) is 15.2 Å². The number of nitrogens with zero attached hydrogens (tertiary/aromatic N) is 1. The molecule has 20 heavy (non-hydrogen) atoms. The second-order valence-electron chi connectivity index (χ2n) is 5.51. The fraction of sp³-hybridized carbons (Fsp3) is 0.533. The zero-order chi connectivity index (χ0) is 14.2. The first-order valence-corrected chi connectivity index (χ1v) is 7.03. The average molecular weight is 276 g/mol. The van der Waals surface area contributed by atoms with E-state index in [-0.39, 0.29) is 5.91 Å². The van der Waals surface area contributed by atoms with Crippen molar-refractivity contribution >= 4 is 11.6 Å². The number of nitrogen functional groups attached to an aromatic ring is 1. The lowest BCUT2D eigenvalue weighted by Gasteiger charge is -2.38. The quantitative estimate of drug-likeness (QED) is 0.791. The van der Waals surface area contributed by atoms with Crippen LogP contribution in [0.15, 0.2) is 18.2 Å². The molecular formula is C15H20N2O3. The number of likely N-dealkylation sites (tertiary alicyclic amines) is 1. The Morgan fingerprint density at radius 2 is 2.10 bits per heavy atom. The van der Waals surface area contributed by atoms with Crippen molar-refractivity contribution in [2.24, 2.45) is 0 Å². The smallest absolute Gasteiger partial charge is 0.254 e. The van der Waals surface area contributed by atoms with Crippen LogP contribution in [0.4, 0.5) is 5.69 Å². The maximum absolute atomic E-state index is 12.6. The molecule has 2 aliphatic rings. The molecule has 5 nitrogen and oxygen atoms in total. The van der Waals surface area contributed by atoms with Gasteiger partial charge in [-0.05, 0) is 37.1 Å². The van der Waals surface area contributed by atoms with Crippen molar-refractivity contribution in [3.63, 3.8) is 0 Å². The van der Waals surface area contributed by atoms with Crippen molar-refractivity contribution in [1.82, 2.24) is 4.90 Å². The van der Waals surface area contributed by atoms with Gasteiger partial charge < -0.3 is 20.1 Å². The summed E-state index contributed by atoms with van der Waals surface area (Å²) >= 11 is 0. The summed E-state index contributed by atoms with van der Waals surface area (Å²) in [7, 11) is 0. The number of ether oxygens (including phenoxy) is 2. The number of amides is 1. The Morgan fingerprint density at radius 1 is 1.35 bits per heavy atom. The molecule has 2 saturated heterocycles. The average Bonchev–Trinajstić information content (AvgIpc) is 2.86. The topological polar surface area (TPSA) is 64.8 Å². The van der Waals surface area contributed by atoms with Gasteiger partial charge in [0.25, 0.3) is 5.91 Å². The molecule has 0 aromatic heterocycles. The van der Waals surface area contributed by atoms with Gasteiger partial charge in [0.2, 0.25) is 0 Å².